The fourth-order valence-corrected chi connectivity index (χ4v) is 2.89. The fourth-order valence-electron chi connectivity index (χ4n) is 2.89. The Morgan fingerprint density at radius 3 is 2.71 bits per heavy atom. The standard InChI is InChI=1S/C17H28FN3/c1-5-9-19-12-14-7-6-8-15(18)16(14)21-11-10-20(4)17(2,3)13-21/h6-8,19H,5,9-13H2,1-4H3. The van der Waals surface area contributed by atoms with Crippen molar-refractivity contribution in [1.29, 1.82) is 0 Å². The van der Waals surface area contributed by atoms with Crippen LogP contribution in [0.5, 0.6) is 0 Å². The molecule has 0 radical (unpaired) electrons. The van der Waals surface area contributed by atoms with Crippen molar-refractivity contribution in [1.82, 2.24) is 10.2 Å². The number of halogens is 1. The Morgan fingerprint density at radius 2 is 2.05 bits per heavy atom. The molecule has 0 unspecified atom stereocenters. The maximum absolute atomic E-state index is 14.4. The molecular weight excluding hydrogens is 265 g/mol. The molecule has 0 amide bonds. The van der Waals surface area contributed by atoms with E-state index in [1.54, 1.807) is 6.07 Å². The van der Waals surface area contributed by atoms with E-state index < -0.39 is 0 Å². The van der Waals surface area contributed by atoms with Crippen molar-refractivity contribution >= 4 is 5.69 Å². The molecule has 1 heterocycles. The second-order valence-electron chi connectivity index (χ2n) is 6.58. The number of piperazine rings is 1. The van der Waals surface area contributed by atoms with E-state index in [1.807, 2.05) is 12.1 Å². The van der Waals surface area contributed by atoms with Crippen LogP contribution in [-0.4, -0.2) is 43.7 Å². The first-order valence-corrected chi connectivity index (χ1v) is 7.90. The molecule has 118 valence electrons. The number of nitrogens with one attached hydrogen (secondary N) is 1. The van der Waals surface area contributed by atoms with E-state index in [-0.39, 0.29) is 11.4 Å². The van der Waals surface area contributed by atoms with Crippen LogP contribution in [-0.2, 0) is 6.54 Å². The number of hydrogen-bond donors (Lipinski definition) is 1. The van der Waals surface area contributed by atoms with E-state index in [1.165, 1.54) is 0 Å². The van der Waals surface area contributed by atoms with E-state index in [2.05, 4.69) is 42.9 Å². The lowest BCUT2D eigenvalue weighted by Gasteiger charge is -2.46. The highest BCUT2D eigenvalue weighted by atomic mass is 19.1. The molecule has 0 spiro atoms. The number of benzene rings is 1. The van der Waals surface area contributed by atoms with Crippen LogP contribution in [0.25, 0.3) is 0 Å². The maximum atomic E-state index is 14.4. The summed E-state index contributed by atoms with van der Waals surface area (Å²) >= 11 is 0. The Kier molecular flexibility index (Phi) is 5.22. The molecule has 1 aromatic carbocycles. The molecule has 1 aliphatic heterocycles. The third kappa shape index (κ3) is 3.74. The fraction of sp³-hybridized carbons (Fsp3) is 0.647. The molecule has 1 aromatic rings. The van der Waals surface area contributed by atoms with Crippen molar-refractivity contribution in [2.75, 3.05) is 38.1 Å². The molecule has 21 heavy (non-hydrogen) atoms. The molecule has 4 heteroatoms. The van der Waals surface area contributed by atoms with Gasteiger partial charge in [-0.05, 0) is 45.5 Å². The Labute approximate surface area is 128 Å². The van der Waals surface area contributed by atoms with E-state index >= 15 is 0 Å². The Balaban J connectivity index is 2.22. The average Bonchev–Trinajstić information content (AvgIpc) is 2.42. The molecule has 0 saturated carbocycles. The summed E-state index contributed by atoms with van der Waals surface area (Å²) in [6.07, 6.45) is 1.09. The zero-order valence-electron chi connectivity index (χ0n) is 13.7. The molecule has 2 rings (SSSR count). The van der Waals surface area contributed by atoms with Crippen molar-refractivity contribution in [3.8, 4) is 0 Å². The number of nitrogens with zero attached hydrogens (tertiary/aromatic N) is 2. The van der Waals surface area contributed by atoms with Gasteiger partial charge in [-0.25, -0.2) is 4.39 Å². The predicted molar refractivity (Wildman–Crippen MR) is 87.3 cm³/mol. The highest BCUT2D eigenvalue weighted by Gasteiger charge is 2.32. The van der Waals surface area contributed by atoms with Gasteiger partial charge in [0.05, 0.1) is 5.69 Å². The van der Waals surface area contributed by atoms with Gasteiger partial charge in [0.25, 0.3) is 0 Å². The summed E-state index contributed by atoms with van der Waals surface area (Å²) in [6.45, 7) is 11.0. The van der Waals surface area contributed by atoms with Gasteiger partial charge >= 0.3 is 0 Å². The van der Waals surface area contributed by atoms with Crippen LogP contribution in [0, 0.1) is 5.82 Å². The van der Waals surface area contributed by atoms with Crippen LogP contribution in [0.4, 0.5) is 10.1 Å². The Bertz CT molecular complexity index is 473. The molecule has 1 fully saturated rings. The number of likely N-dealkylation sites (N-methyl/N-ethyl adjacent to an activating group) is 1. The molecule has 1 N–H and O–H groups in total. The van der Waals surface area contributed by atoms with Gasteiger partial charge < -0.3 is 10.2 Å². The summed E-state index contributed by atoms with van der Waals surface area (Å²) in [5.74, 6) is -0.105. The number of anilines is 1. The number of rotatable bonds is 5. The largest absolute Gasteiger partial charge is 0.366 e. The van der Waals surface area contributed by atoms with E-state index in [0.717, 1.165) is 50.4 Å². The van der Waals surface area contributed by atoms with Gasteiger partial charge in [-0.3, -0.25) is 4.90 Å². The quantitative estimate of drug-likeness (QED) is 0.842. The third-order valence-corrected chi connectivity index (χ3v) is 4.45. The smallest absolute Gasteiger partial charge is 0.146 e. The Morgan fingerprint density at radius 1 is 1.29 bits per heavy atom. The topological polar surface area (TPSA) is 18.5 Å². The highest BCUT2D eigenvalue weighted by Crippen LogP contribution is 2.29. The molecule has 0 aliphatic carbocycles. The number of hydrogen-bond acceptors (Lipinski definition) is 3. The van der Waals surface area contributed by atoms with E-state index in [0.29, 0.717) is 0 Å². The predicted octanol–water partition coefficient (Wildman–Crippen LogP) is 2.86. The van der Waals surface area contributed by atoms with Crippen molar-refractivity contribution in [2.45, 2.75) is 39.3 Å². The molecule has 0 bridgehead atoms. The molecular formula is C17H28FN3. The van der Waals surface area contributed by atoms with Crippen LogP contribution in [0.1, 0.15) is 32.8 Å². The first kappa shape index (κ1) is 16.2. The molecule has 1 saturated heterocycles. The summed E-state index contributed by atoms with van der Waals surface area (Å²) < 4.78 is 14.4. The lowest BCUT2D eigenvalue weighted by Crippen LogP contribution is -2.58. The van der Waals surface area contributed by atoms with Gasteiger partial charge in [-0.1, -0.05) is 19.1 Å². The average molecular weight is 293 g/mol. The summed E-state index contributed by atoms with van der Waals surface area (Å²) in [5, 5.41) is 3.38. The van der Waals surface area contributed by atoms with Gasteiger partial charge in [-0.2, -0.15) is 0 Å². The minimum Gasteiger partial charge on any atom is -0.366 e. The first-order valence-electron chi connectivity index (χ1n) is 7.90. The maximum Gasteiger partial charge on any atom is 0.146 e. The van der Waals surface area contributed by atoms with Crippen molar-refractivity contribution in [3.63, 3.8) is 0 Å². The van der Waals surface area contributed by atoms with Crippen molar-refractivity contribution in [2.24, 2.45) is 0 Å². The van der Waals surface area contributed by atoms with Gasteiger partial charge in [0.15, 0.2) is 0 Å². The van der Waals surface area contributed by atoms with Gasteiger partial charge in [0.1, 0.15) is 5.82 Å². The molecule has 3 nitrogen and oxygen atoms in total. The molecule has 1 aliphatic rings. The van der Waals surface area contributed by atoms with Gasteiger partial charge in [0.2, 0.25) is 0 Å². The third-order valence-electron chi connectivity index (χ3n) is 4.45. The lowest BCUT2D eigenvalue weighted by molar-refractivity contribution is 0.138. The second kappa shape index (κ2) is 6.75. The van der Waals surface area contributed by atoms with Crippen LogP contribution in [0.2, 0.25) is 0 Å². The lowest BCUT2D eigenvalue weighted by atomic mass is 9.98. The summed E-state index contributed by atoms with van der Waals surface area (Å²) in [7, 11) is 2.14. The second-order valence-corrected chi connectivity index (χ2v) is 6.58. The zero-order valence-corrected chi connectivity index (χ0v) is 13.7. The van der Waals surface area contributed by atoms with E-state index in [4.69, 9.17) is 0 Å². The summed E-state index contributed by atoms with van der Waals surface area (Å²) in [6, 6.07) is 5.42. The number of para-hydroxylation sites is 1. The molecule has 0 atom stereocenters. The normalized spacial score (nSPS) is 19.0. The van der Waals surface area contributed by atoms with Crippen LogP contribution in [0.3, 0.4) is 0 Å². The Hall–Kier alpha value is -1.13. The zero-order chi connectivity index (χ0) is 15.5. The van der Waals surface area contributed by atoms with Crippen molar-refractivity contribution in [3.05, 3.63) is 29.6 Å². The summed E-state index contributed by atoms with van der Waals surface area (Å²) in [4.78, 5) is 4.55. The summed E-state index contributed by atoms with van der Waals surface area (Å²) in [5.41, 5.74) is 1.90. The van der Waals surface area contributed by atoms with Crippen LogP contribution >= 0.6 is 0 Å². The van der Waals surface area contributed by atoms with Crippen molar-refractivity contribution < 1.29 is 4.39 Å². The van der Waals surface area contributed by atoms with Crippen LogP contribution < -0.4 is 10.2 Å². The monoisotopic (exact) mass is 293 g/mol. The molecule has 0 aromatic heterocycles. The van der Waals surface area contributed by atoms with E-state index in [9.17, 15) is 4.39 Å². The first-order chi connectivity index (χ1) is 9.95. The minimum atomic E-state index is -0.105. The van der Waals surface area contributed by atoms with Crippen LogP contribution in [0.15, 0.2) is 18.2 Å². The highest BCUT2D eigenvalue weighted by molar-refractivity contribution is 5.55. The van der Waals surface area contributed by atoms with Gasteiger partial charge in [-0.15, -0.1) is 0 Å². The minimum absolute atomic E-state index is 0.0641. The van der Waals surface area contributed by atoms with Gasteiger partial charge in [0, 0.05) is 31.7 Å². The SMILES string of the molecule is CCCNCc1cccc(F)c1N1CCN(C)C(C)(C)C1.